The van der Waals surface area contributed by atoms with Crippen LogP contribution < -0.4 is 15.4 Å². The molecule has 6 nitrogen and oxygen atoms in total. The lowest BCUT2D eigenvalue weighted by atomic mass is 9.84. The van der Waals surface area contributed by atoms with Crippen LogP contribution in [0.1, 0.15) is 55.7 Å². The number of methoxy groups -OCH3 is 1. The van der Waals surface area contributed by atoms with Gasteiger partial charge in [0.2, 0.25) is 11.8 Å². The Kier molecular flexibility index (Phi) is 8.58. The highest BCUT2D eigenvalue weighted by atomic mass is 16.5. The highest BCUT2D eigenvalue weighted by Gasteiger charge is 2.28. The van der Waals surface area contributed by atoms with E-state index in [0.29, 0.717) is 6.42 Å². The summed E-state index contributed by atoms with van der Waals surface area (Å²) < 4.78 is 5.18. The lowest BCUT2D eigenvalue weighted by Gasteiger charge is -2.34. The smallest absolute Gasteiger partial charge is 0.224 e. The van der Waals surface area contributed by atoms with E-state index >= 15 is 0 Å². The predicted molar refractivity (Wildman–Crippen MR) is 134 cm³/mol. The van der Waals surface area contributed by atoms with Crippen LogP contribution >= 0.6 is 0 Å². The van der Waals surface area contributed by atoms with Gasteiger partial charge in [-0.25, -0.2) is 0 Å². The first kappa shape index (κ1) is 24.3. The summed E-state index contributed by atoms with van der Waals surface area (Å²) in [6.45, 7) is 2.87. The molecule has 0 bridgehead atoms. The molecule has 1 atom stereocenters. The fourth-order valence-electron chi connectivity index (χ4n) is 4.79. The summed E-state index contributed by atoms with van der Waals surface area (Å²) in [5, 5.41) is 6.51. The van der Waals surface area contributed by atoms with Gasteiger partial charge in [-0.3, -0.25) is 9.59 Å². The molecule has 0 aromatic heterocycles. The second-order valence-electron chi connectivity index (χ2n) is 9.60. The number of piperidine rings is 1. The highest BCUT2D eigenvalue weighted by Crippen LogP contribution is 2.28. The summed E-state index contributed by atoms with van der Waals surface area (Å²) >= 11 is 0. The maximum Gasteiger partial charge on any atom is 0.224 e. The van der Waals surface area contributed by atoms with Gasteiger partial charge in [0.1, 0.15) is 5.75 Å². The predicted octanol–water partition coefficient (Wildman–Crippen LogP) is 3.87. The van der Waals surface area contributed by atoms with Crippen molar-refractivity contribution in [3.8, 4) is 5.75 Å². The van der Waals surface area contributed by atoms with Gasteiger partial charge in [0, 0.05) is 31.6 Å². The van der Waals surface area contributed by atoms with Crippen LogP contribution in [0.3, 0.4) is 0 Å². The summed E-state index contributed by atoms with van der Waals surface area (Å²) in [5.74, 6) is 1.28. The average Bonchev–Trinajstić information content (AvgIpc) is 2.82. The number of rotatable bonds is 10. The molecule has 2 aromatic rings. The number of nitrogens with zero attached hydrogens (tertiary/aromatic N) is 1. The Morgan fingerprint density at radius 3 is 2.32 bits per heavy atom. The molecule has 2 N–H and O–H groups in total. The third kappa shape index (κ3) is 6.83. The van der Waals surface area contributed by atoms with E-state index in [-0.39, 0.29) is 29.8 Å². The molecule has 0 unspecified atom stereocenters. The Hall–Kier alpha value is -2.86. The van der Waals surface area contributed by atoms with Gasteiger partial charge in [-0.1, -0.05) is 48.9 Å². The zero-order valence-electron chi connectivity index (χ0n) is 20.2. The largest absolute Gasteiger partial charge is 0.497 e. The Labute approximate surface area is 203 Å². The van der Waals surface area contributed by atoms with E-state index in [0.717, 1.165) is 63.1 Å². The van der Waals surface area contributed by atoms with E-state index in [9.17, 15) is 9.59 Å². The normalized spacial score (nSPS) is 18.0. The quantitative estimate of drug-likeness (QED) is 0.561. The molecule has 1 saturated heterocycles. The number of ether oxygens (including phenoxy) is 1. The topological polar surface area (TPSA) is 70.7 Å². The zero-order valence-corrected chi connectivity index (χ0v) is 20.2. The minimum atomic E-state index is 0.0521. The molecule has 2 aromatic carbocycles. The van der Waals surface area contributed by atoms with Crippen molar-refractivity contribution in [1.82, 2.24) is 15.5 Å². The van der Waals surface area contributed by atoms with Crippen LogP contribution in [0.5, 0.6) is 5.75 Å². The van der Waals surface area contributed by atoms with E-state index in [1.165, 1.54) is 12.0 Å². The monoisotopic (exact) mass is 463 g/mol. The van der Waals surface area contributed by atoms with Crippen molar-refractivity contribution in [1.29, 1.82) is 0 Å². The summed E-state index contributed by atoms with van der Waals surface area (Å²) in [6.07, 6.45) is 6.41. The number of hydrogen-bond donors (Lipinski definition) is 2. The van der Waals surface area contributed by atoms with E-state index in [1.807, 2.05) is 42.5 Å². The zero-order chi connectivity index (χ0) is 23.8. The third-order valence-corrected chi connectivity index (χ3v) is 7.20. The first-order valence-electron chi connectivity index (χ1n) is 12.6. The molecule has 2 amide bonds. The Bertz CT molecular complexity index is 920. The average molecular weight is 464 g/mol. The van der Waals surface area contributed by atoms with Crippen molar-refractivity contribution in [3.05, 3.63) is 65.7 Å². The molecule has 182 valence electrons. The van der Waals surface area contributed by atoms with Crippen LogP contribution in [0.4, 0.5) is 0 Å². The number of nitrogens with one attached hydrogen (secondary N) is 2. The maximum absolute atomic E-state index is 12.6. The first-order valence-corrected chi connectivity index (χ1v) is 12.6. The van der Waals surface area contributed by atoms with Gasteiger partial charge in [-0.2, -0.15) is 0 Å². The van der Waals surface area contributed by atoms with Gasteiger partial charge in [-0.05, 0) is 55.4 Å². The van der Waals surface area contributed by atoms with Crippen LogP contribution in [-0.2, 0) is 16.0 Å². The second-order valence-corrected chi connectivity index (χ2v) is 9.60. The molecule has 0 radical (unpaired) electrons. The van der Waals surface area contributed by atoms with Crippen LogP contribution in [0.25, 0.3) is 0 Å². The van der Waals surface area contributed by atoms with Crippen molar-refractivity contribution in [3.63, 3.8) is 0 Å². The maximum atomic E-state index is 12.6. The SMILES string of the molecule is COc1ccc(CC(=O)NC2CCN(CC[C@@H](NC(=O)C3CCC3)c3ccccc3)CC2)cc1. The molecule has 1 saturated carbocycles. The lowest BCUT2D eigenvalue weighted by molar-refractivity contribution is -0.128. The van der Waals surface area contributed by atoms with Gasteiger partial charge < -0.3 is 20.3 Å². The van der Waals surface area contributed by atoms with Gasteiger partial charge in [0.05, 0.1) is 19.6 Å². The molecule has 34 heavy (non-hydrogen) atoms. The van der Waals surface area contributed by atoms with Gasteiger partial charge in [0.15, 0.2) is 0 Å². The van der Waals surface area contributed by atoms with Crippen molar-refractivity contribution in [2.45, 2.75) is 57.0 Å². The van der Waals surface area contributed by atoms with Crippen LogP contribution in [0.15, 0.2) is 54.6 Å². The number of carbonyl (C=O) groups is 2. The van der Waals surface area contributed by atoms with Crippen LogP contribution in [-0.4, -0.2) is 49.5 Å². The van der Waals surface area contributed by atoms with E-state index < -0.39 is 0 Å². The molecule has 1 aliphatic carbocycles. The molecule has 0 spiro atoms. The minimum absolute atomic E-state index is 0.0521. The van der Waals surface area contributed by atoms with Crippen molar-refractivity contribution >= 4 is 11.8 Å². The van der Waals surface area contributed by atoms with Crippen LogP contribution in [0.2, 0.25) is 0 Å². The van der Waals surface area contributed by atoms with Crippen molar-refractivity contribution in [2.75, 3.05) is 26.7 Å². The summed E-state index contributed by atoms with van der Waals surface area (Å²) in [5.41, 5.74) is 2.17. The summed E-state index contributed by atoms with van der Waals surface area (Å²) in [7, 11) is 1.64. The molecular weight excluding hydrogens is 426 g/mol. The number of carbonyl (C=O) groups excluding carboxylic acids is 2. The molecule has 1 aliphatic heterocycles. The van der Waals surface area contributed by atoms with E-state index in [1.54, 1.807) is 7.11 Å². The number of likely N-dealkylation sites (tertiary alicyclic amines) is 1. The highest BCUT2D eigenvalue weighted by molar-refractivity contribution is 5.80. The number of benzene rings is 2. The molecule has 2 aliphatic rings. The van der Waals surface area contributed by atoms with Crippen LogP contribution in [0, 0.1) is 5.92 Å². The fourth-order valence-corrected chi connectivity index (χ4v) is 4.79. The molecule has 4 rings (SSSR count). The second kappa shape index (κ2) is 12.0. The van der Waals surface area contributed by atoms with Crippen molar-refractivity contribution in [2.24, 2.45) is 5.92 Å². The van der Waals surface area contributed by atoms with Gasteiger partial charge >= 0.3 is 0 Å². The first-order chi connectivity index (χ1) is 16.6. The minimum Gasteiger partial charge on any atom is -0.497 e. The summed E-state index contributed by atoms with van der Waals surface area (Å²) in [4.78, 5) is 27.5. The van der Waals surface area contributed by atoms with E-state index in [4.69, 9.17) is 4.74 Å². The molecular formula is C28H37N3O3. The third-order valence-electron chi connectivity index (χ3n) is 7.20. The lowest BCUT2D eigenvalue weighted by Crippen LogP contribution is -2.46. The van der Waals surface area contributed by atoms with E-state index in [2.05, 4.69) is 27.7 Å². The summed E-state index contributed by atoms with van der Waals surface area (Å²) in [6, 6.07) is 18.2. The Morgan fingerprint density at radius 2 is 1.71 bits per heavy atom. The van der Waals surface area contributed by atoms with Gasteiger partial charge in [0.25, 0.3) is 0 Å². The standard InChI is InChI=1S/C28H37N3O3/c1-34-25-12-10-21(11-13-25)20-27(32)29-24-14-17-31(18-15-24)19-16-26(22-6-3-2-4-7-22)30-28(33)23-8-5-9-23/h2-4,6-7,10-13,23-24,26H,5,8-9,14-20H2,1H3,(H,29,32)(H,30,33)/t26-/m1/s1. The molecule has 1 heterocycles. The number of hydrogen-bond acceptors (Lipinski definition) is 4. The molecule has 6 heteroatoms. The fraction of sp³-hybridized carbons (Fsp3) is 0.500. The Balaban J connectivity index is 1.21. The van der Waals surface area contributed by atoms with Crippen molar-refractivity contribution < 1.29 is 14.3 Å². The van der Waals surface area contributed by atoms with Gasteiger partial charge in [-0.15, -0.1) is 0 Å². The number of amides is 2. The molecule has 2 fully saturated rings. The Morgan fingerprint density at radius 1 is 1.00 bits per heavy atom.